The van der Waals surface area contributed by atoms with Crippen LogP contribution >= 0.6 is 11.8 Å². The predicted molar refractivity (Wildman–Crippen MR) is 74.7 cm³/mol. The third-order valence-corrected chi connectivity index (χ3v) is 5.15. The standard InChI is InChI=1S/C13H24N2OS/c1-3-11(4-2)12-8-15-13(17-12)14-7-10-5-6-16-9-10/h10-12H,3-9H2,1-2H3,(H,14,15). The number of amidine groups is 1. The van der Waals surface area contributed by atoms with Crippen LogP contribution in [-0.4, -0.2) is 36.7 Å². The molecule has 0 saturated carbocycles. The highest BCUT2D eigenvalue weighted by atomic mass is 32.2. The third-order valence-electron chi connectivity index (χ3n) is 3.82. The minimum Gasteiger partial charge on any atom is -0.381 e. The summed E-state index contributed by atoms with van der Waals surface area (Å²) in [4.78, 5) is 4.62. The number of thioether (sulfide) groups is 1. The molecule has 2 aliphatic rings. The molecule has 0 radical (unpaired) electrons. The second kappa shape index (κ2) is 6.64. The van der Waals surface area contributed by atoms with Crippen molar-refractivity contribution in [1.29, 1.82) is 0 Å². The first-order valence-corrected chi connectivity index (χ1v) is 7.74. The first-order valence-electron chi connectivity index (χ1n) is 6.86. The van der Waals surface area contributed by atoms with Crippen molar-refractivity contribution in [2.24, 2.45) is 16.8 Å². The quantitative estimate of drug-likeness (QED) is 0.820. The van der Waals surface area contributed by atoms with Gasteiger partial charge in [0, 0.05) is 24.3 Å². The van der Waals surface area contributed by atoms with Crippen LogP contribution in [0.1, 0.15) is 33.1 Å². The summed E-state index contributed by atoms with van der Waals surface area (Å²) < 4.78 is 5.38. The molecule has 0 aromatic heterocycles. The molecule has 0 amide bonds. The van der Waals surface area contributed by atoms with Gasteiger partial charge in [0.15, 0.2) is 5.17 Å². The normalized spacial score (nSPS) is 28.8. The van der Waals surface area contributed by atoms with Gasteiger partial charge in [-0.2, -0.15) is 0 Å². The maximum Gasteiger partial charge on any atom is 0.156 e. The summed E-state index contributed by atoms with van der Waals surface area (Å²) in [5.41, 5.74) is 0. The van der Waals surface area contributed by atoms with Gasteiger partial charge in [-0.3, -0.25) is 4.99 Å². The Kier molecular flexibility index (Phi) is 5.16. The van der Waals surface area contributed by atoms with Crippen molar-refractivity contribution in [3.05, 3.63) is 0 Å². The molecule has 1 N–H and O–H groups in total. The van der Waals surface area contributed by atoms with Gasteiger partial charge in [-0.05, 0) is 12.3 Å². The largest absolute Gasteiger partial charge is 0.381 e. The molecule has 0 bridgehead atoms. The molecule has 1 saturated heterocycles. The zero-order valence-electron chi connectivity index (χ0n) is 10.9. The third kappa shape index (κ3) is 3.62. The van der Waals surface area contributed by atoms with E-state index < -0.39 is 0 Å². The lowest BCUT2D eigenvalue weighted by atomic mass is 9.99. The first kappa shape index (κ1) is 13.2. The maximum absolute atomic E-state index is 5.38. The topological polar surface area (TPSA) is 33.6 Å². The Bertz CT molecular complexity index is 260. The van der Waals surface area contributed by atoms with E-state index in [-0.39, 0.29) is 0 Å². The van der Waals surface area contributed by atoms with Gasteiger partial charge in [-0.25, -0.2) is 0 Å². The van der Waals surface area contributed by atoms with Crippen molar-refractivity contribution in [3.63, 3.8) is 0 Å². The summed E-state index contributed by atoms with van der Waals surface area (Å²) in [6.07, 6.45) is 3.74. The Morgan fingerprint density at radius 3 is 2.94 bits per heavy atom. The smallest absolute Gasteiger partial charge is 0.156 e. The average molecular weight is 256 g/mol. The van der Waals surface area contributed by atoms with Gasteiger partial charge in [0.2, 0.25) is 0 Å². The molecule has 1 fully saturated rings. The summed E-state index contributed by atoms with van der Waals surface area (Å²) in [6.45, 7) is 8.46. The molecule has 2 aliphatic heterocycles. The Labute approximate surface area is 109 Å². The van der Waals surface area contributed by atoms with E-state index in [2.05, 4.69) is 24.2 Å². The molecule has 3 nitrogen and oxygen atoms in total. The number of nitrogens with one attached hydrogen (secondary N) is 1. The number of nitrogens with zero attached hydrogens (tertiary/aromatic N) is 1. The summed E-state index contributed by atoms with van der Waals surface area (Å²) >= 11 is 1.95. The van der Waals surface area contributed by atoms with Gasteiger partial charge in [-0.1, -0.05) is 38.5 Å². The molecule has 2 unspecified atom stereocenters. The molecule has 2 atom stereocenters. The van der Waals surface area contributed by atoms with Crippen LogP contribution in [0, 0.1) is 11.8 Å². The first-order chi connectivity index (χ1) is 8.33. The van der Waals surface area contributed by atoms with E-state index in [9.17, 15) is 0 Å². The Morgan fingerprint density at radius 1 is 1.47 bits per heavy atom. The summed E-state index contributed by atoms with van der Waals surface area (Å²) in [6, 6.07) is 0. The van der Waals surface area contributed by atoms with Crippen LogP contribution in [0.2, 0.25) is 0 Å². The van der Waals surface area contributed by atoms with Crippen LogP contribution in [0.4, 0.5) is 0 Å². The fourth-order valence-corrected chi connectivity index (χ4v) is 3.85. The summed E-state index contributed by atoms with van der Waals surface area (Å²) in [7, 11) is 0. The molecular formula is C13H24N2OS. The van der Waals surface area contributed by atoms with Gasteiger partial charge >= 0.3 is 0 Å². The van der Waals surface area contributed by atoms with Crippen LogP contribution in [-0.2, 0) is 4.74 Å². The minimum absolute atomic E-state index is 0.686. The van der Waals surface area contributed by atoms with Crippen LogP contribution in [0.3, 0.4) is 0 Å². The van der Waals surface area contributed by atoms with Crippen molar-refractivity contribution >= 4 is 16.9 Å². The SMILES string of the molecule is CCC(CC)C1CN=C(NCC2CCOC2)S1. The lowest BCUT2D eigenvalue weighted by Crippen LogP contribution is -2.27. The van der Waals surface area contributed by atoms with Crippen LogP contribution in [0.5, 0.6) is 0 Å². The average Bonchev–Trinajstić information content (AvgIpc) is 2.99. The molecule has 0 aromatic rings. The van der Waals surface area contributed by atoms with E-state index in [0.717, 1.165) is 37.4 Å². The van der Waals surface area contributed by atoms with Crippen molar-refractivity contribution < 1.29 is 4.74 Å². The van der Waals surface area contributed by atoms with Crippen LogP contribution in [0.25, 0.3) is 0 Å². The molecule has 2 heterocycles. The fraction of sp³-hybridized carbons (Fsp3) is 0.923. The maximum atomic E-state index is 5.38. The summed E-state index contributed by atoms with van der Waals surface area (Å²) in [5, 5.41) is 5.35. The number of rotatable bonds is 5. The van der Waals surface area contributed by atoms with Crippen molar-refractivity contribution in [2.75, 3.05) is 26.3 Å². The van der Waals surface area contributed by atoms with Gasteiger partial charge in [-0.15, -0.1) is 0 Å². The van der Waals surface area contributed by atoms with E-state index in [1.54, 1.807) is 0 Å². The fourth-order valence-electron chi connectivity index (χ4n) is 2.52. The summed E-state index contributed by atoms with van der Waals surface area (Å²) in [5.74, 6) is 1.50. The van der Waals surface area contributed by atoms with Gasteiger partial charge in [0.25, 0.3) is 0 Å². The lowest BCUT2D eigenvalue weighted by Gasteiger charge is -2.18. The van der Waals surface area contributed by atoms with E-state index in [1.807, 2.05) is 11.8 Å². The highest BCUT2D eigenvalue weighted by molar-refractivity contribution is 8.14. The Hall–Kier alpha value is -0.220. The van der Waals surface area contributed by atoms with Crippen LogP contribution in [0.15, 0.2) is 4.99 Å². The molecule has 0 aromatic carbocycles. The zero-order valence-corrected chi connectivity index (χ0v) is 11.8. The van der Waals surface area contributed by atoms with Crippen molar-refractivity contribution in [1.82, 2.24) is 5.32 Å². The highest BCUT2D eigenvalue weighted by Crippen LogP contribution is 2.30. The van der Waals surface area contributed by atoms with Crippen LogP contribution < -0.4 is 5.32 Å². The second-order valence-corrected chi connectivity index (χ2v) is 6.22. The molecular weight excluding hydrogens is 232 g/mol. The Balaban J connectivity index is 1.69. The second-order valence-electron chi connectivity index (χ2n) is 4.99. The van der Waals surface area contributed by atoms with Gasteiger partial charge in [0.1, 0.15) is 0 Å². The number of hydrogen-bond donors (Lipinski definition) is 1. The van der Waals surface area contributed by atoms with E-state index in [4.69, 9.17) is 4.74 Å². The minimum atomic E-state index is 0.686. The van der Waals surface area contributed by atoms with Gasteiger partial charge in [0.05, 0.1) is 13.2 Å². The monoisotopic (exact) mass is 256 g/mol. The highest BCUT2D eigenvalue weighted by Gasteiger charge is 2.26. The molecule has 17 heavy (non-hydrogen) atoms. The predicted octanol–water partition coefficient (Wildman–Crippen LogP) is 2.52. The molecule has 4 heteroatoms. The Morgan fingerprint density at radius 2 is 2.29 bits per heavy atom. The molecule has 0 aliphatic carbocycles. The molecule has 98 valence electrons. The lowest BCUT2D eigenvalue weighted by molar-refractivity contribution is 0.186. The van der Waals surface area contributed by atoms with Crippen molar-refractivity contribution in [3.8, 4) is 0 Å². The van der Waals surface area contributed by atoms with E-state index >= 15 is 0 Å². The molecule has 0 spiro atoms. The van der Waals surface area contributed by atoms with Gasteiger partial charge < -0.3 is 10.1 Å². The van der Waals surface area contributed by atoms with E-state index in [1.165, 1.54) is 19.3 Å². The zero-order chi connectivity index (χ0) is 12.1. The number of ether oxygens (including phenoxy) is 1. The van der Waals surface area contributed by atoms with E-state index in [0.29, 0.717) is 11.2 Å². The molecule has 2 rings (SSSR count). The van der Waals surface area contributed by atoms with Crippen molar-refractivity contribution in [2.45, 2.75) is 38.4 Å². The number of aliphatic imine (C=N–C) groups is 1. The number of hydrogen-bond acceptors (Lipinski definition) is 4.